The largest absolute Gasteiger partial charge is 0.478 e. The molecule has 4 rings (SSSR count). The molecule has 0 amide bonds. The van der Waals surface area contributed by atoms with Gasteiger partial charge in [-0.3, -0.25) is 0 Å². The molecule has 1 heterocycles. The van der Waals surface area contributed by atoms with E-state index in [1.165, 1.54) is 4.31 Å². The summed E-state index contributed by atoms with van der Waals surface area (Å²) in [7, 11) is -4.07. The van der Waals surface area contributed by atoms with E-state index in [9.17, 15) is 18.3 Å². The molecular formula is C25H22ClNO4S. The number of rotatable bonds is 5. The zero-order chi connectivity index (χ0) is 22.9. The molecule has 0 spiro atoms. The number of carboxylic acid groups (broad SMARTS) is 1. The molecule has 0 saturated heterocycles. The summed E-state index contributed by atoms with van der Waals surface area (Å²) < 4.78 is 29.3. The number of hydrogen-bond acceptors (Lipinski definition) is 3. The van der Waals surface area contributed by atoms with Gasteiger partial charge < -0.3 is 5.11 Å². The molecular weight excluding hydrogens is 446 g/mol. The van der Waals surface area contributed by atoms with Crippen molar-refractivity contribution in [2.75, 3.05) is 0 Å². The average molecular weight is 468 g/mol. The summed E-state index contributed by atoms with van der Waals surface area (Å²) in [6.45, 7) is 1.88. The summed E-state index contributed by atoms with van der Waals surface area (Å²) in [6, 6.07) is 20.9. The molecule has 3 aromatic rings. The maximum atomic E-state index is 14.0. The first-order chi connectivity index (χ1) is 15.3. The topological polar surface area (TPSA) is 74.7 Å². The van der Waals surface area contributed by atoms with E-state index in [1.54, 1.807) is 54.6 Å². The van der Waals surface area contributed by atoms with Gasteiger partial charge in [-0.1, -0.05) is 77.8 Å². The summed E-state index contributed by atoms with van der Waals surface area (Å²) in [4.78, 5) is 12.3. The van der Waals surface area contributed by atoms with Gasteiger partial charge in [0.15, 0.2) is 0 Å². The predicted molar refractivity (Wildman–Crippen MR) is 124 cm³/mol. The molecule has 164 valence electrons. The fraction of sp³-hybridized carbons (Fsp3) is 0.160. The normalized spacial score (nSPS) is 19.4. The van der Waals surface area contributed by atoms with Crippen molar-refractivity contribution in [2.45, 2.75) is 30.3 Å². The van der Waals surface area contributed by atoms with Crippen LogP contribution in [0.5, 0.6) is 0 Å². The zero-order valence-corrected chi connectivity index (χ0v) is 18.9. The van der Waals surface area contributed by atoms with Crippen molar-refractivity contribution in [3.63, 3.8) is 0 Å². The SMILES string of the molecule is Cc1ccc(S(=O)(=O)N2[C@@H](c3cccc(Cl)c3)C(C(=O)O)=CC[C@H]2c2ccccc2)cc1. The van der Waals surface area contributed by atoms with Crippen molar-refractivity contribution in [1.29, 1.82) is 0 Å². The Kier molecular flexibility index (Phi) is 6.20. The number of halogens is 1. The number of sulfonamides is 1. The van der Waals surface area contributed by atoms with Gasteiger partial charge in [0, 0.05) is 5.02 Å². The van der Waals surface area contributed by atoms with Crippen molar-refractivity contribution in [3.05, 3.63) is 112 Å². The molecule has 0 bridgehead atoms. The van der Waals surface area contributed by atoms with Gasteiger partial charge in [0.1, 0.15) is 0 Å². The first-order valence-electron chi connectivity index (χ1n) is 10.1. The van der Waals surface area contributed by atoms with Crippen LogP contribution in [0.15, 0.2) is 95.4 Å². The summed E-state index contributed by atoms with van der Waals surface area (Å²) in [5.41, 5.74) is 2.23. The van der Waals surface area contributed by atoms with Gasteiger partial charge >= 0.3 is 5.97 Å². The lowest BCUT2D eigenvalue weighted by Crippen LogP contribution is -2.42. The highest BCUT2D eigenvalue weighted by atomic mass is 35.5. The minimum Gasteiger partial charge on any atom is -0.478 e. The first kappa shape index (κ1) is 22.3. The quantitative estimate of drug-likeness (QED) is 0.534. The Labute approximate surface area is 192 Å². The second-order valence-corrected chi connectivity index (χ2v) is 10.0. The highest BCUT2D eigenvalue weighted by molar-refractivity contribution is 7.89. The molecule has 0 radical (unpaired) electrons. The van der Waals surface area contributed by atoms with Crippen LogP contribution in [0, 0.1) is 6.92 Å². The molecule has 1 N–H and O–H groups in total. The zero-order valence-electron chi connectivity index (χ0n) is 17.4. The second-order valence-electron chi connectivity index (χ2n) is 7.73. The molecule has 1 aliphatic heterocycles. The Morgan fingerprint density at radius 3 is 2.25 bits per heavy atom. The van der Waals surface area contributed by atoms with Crippen molar-refractivity contribution in [1.82, 2.24) is 4.31 Å². The Morgan fingerprint density at radius 2 is 1.62 bits per heavy atom. The van der Waals surface area contributed by atoms with Gasteiger partial charge in [-0.2, -0.15) is 4.31 Å². The molecule has 0 saturated carbocycles. The van der Waals surface area contributed by atoms with Crippen LogP contribution in [0.2, 0.25) is 5.02 Å². The maximum Gasteiger partial charge on any atom is 0.333 e. The number of carbonyl (C=O) groups is 1. The monoisotopic (exact) mass is 467 g/mol. The van der Waals surface area contributed by atoms with Crippen molar-refractivity contribution >= 4 is 27.6 Å². The molecule has 3 aromatic carbocycles. The lowest BCUT2D eigenvalue weighted by atomic mass is 9.89. The number of benzene rings is 3. The molecule has 1 aliphatic rings. The number of hydrogen-bond donors (Lipinski definition) is 1. The van der Waals surface area contributed by atoms with E-state index in [1.807, 2.05) is 37.3 Å². The minimum absolute atomic E-state index is 0.00938. The van der Waals surface area contributed by atoms with Gasteiger partial charge in [-0.05, 0) is 48.7 Å². The van der Waals surface area contributed by atoms with Gasteiger partial charge in [0.2, 0.25) is 10.0 Å². The number of nitrogens with zero attached hydrogens (tertiary/aromatic N) is 1. The smallest absolute Gasteiger partial charge is 0.333 e. The summed E-state index contributed by atoms with van der Waals surface area (Å²) in [6.07, 6.45) is 1.86. The first-order valence-corrected chi connectivity index (χ1v) is 11.9. The van der Waals surface area contributed by atoms with Crippen LogP contribution >= 0.6 is 11.6 Å². The van der Waals surface area contributed by atoms with E-state index in [4.69, 9.17) is 11.6 Å². The lowest BCUT2D eigenvalue weighted by Gasteiger charge is -2.40. The van der Waals surface area contributed by atoms with Crippen LogP contribution < -0.4 is 0 Å². The molecule has 0 aliphatic carbocycles. The maximum absolute atomic E-state index is 14.0. The van der Waals surface area contributed by atoms with Gasteiger partial charge in [-0.15, -0.1) is 0 Å². The summed E-state index contributed by atoms with van der Waals surface area (Å²) in [5, 5.41) is 10.4. The van der Waals surface area contributed by atoms with Crippen LogP contribution in [0.3, 0.4) is 0 Å². The number of aryl methyl sites for hydroxylation is 1. The Bertz CT molecular complexity index is 1270. The van der Waals surface area contributed by atoms with E-state index in [2.05, 4.69) is 0 Å². The van der Waals surface area contributed by atoms with E-state index in [0.717, 1.165) is 11.1 Å². The average Bonchev–Trinajstić information content (AvgIpc) is 2.79. The standard InChI is InChI=1S/C25H22ClNO4S/c1-17-10-12-21(13-11-17)32(30,31)27-23(18-6-3-2-4-7-18)15-14-22(25(28)29)24(27)19-8-5-9-20(26)16-19/h2-14,16,23-24H,15H2,1H3,(H,28,29)/t23-,24-/m0/s1. The van der Waals surface area contributed by atoms with Crippen LogP contribution in [0.25, 0.3) is 0 Å². The molecule has 0 unspecified atom stereocenters. The summed E-state index contributed by atoms with van der Waals surface area (Å²) >= 11 is 6.21. The van der Waals surface area contributed by atoms with Crippen molar-refractivity contribution in [2.24, 2.45) is 0 Å². The van der Waals surface area contributed by atoms with E-state index in [-0.39, 0.29) is 16.9 Å². The molecule has 0 aromatic heterocycles. The predicted octanol–water partition coefficient (Wildman–Crippen LogP) is 5.54. The Hall–Kier alpha value is -2.93. The lowest BCUT2D eigenvalue weighted by molar-refractivity contribution is -0.133. The van der Waals surface area contributed by atoms with Crippen molar-refractivity contribution < 1.29 is 18.3 Å². The van der Waals surface area contributed by atoms with E-state index < -0.39 is 28.1 Å². The third kappa shape index (κ3) is 4.21. The number of carboxylic acids is 1. The Balaban J connectivity index is 1.97. The third-order valence-corrected chi connectivity index (χ3v) is 7.73. The van der Waals surface area contributed by atoms with Crippen LogP contribution in [-0.2, 0) is 14.8 Å². The Morgan fingerprint density at radius 1 is 0.969 bits per heavy atom. The molecule has 5 nitrogen and oxygen atoms in total. The fourth-order valence-corrected chi connectivity index (χ4v) is 6.05. The molecule has 7 heteroatoms. The summed E-state index contributed by atoms with van der Waals surface area (Å²) in [5.74, 6) is -1.16. The van der Waals surface area contributed by atoms with Gasteiger partial charge in [0.05, 0.1) is 22.6 Å². The van der Waals surface area contributed by atoms with E-state index >= 15 is 0 Å². The van der Waals surface area contributed by atoms with Crippen molar-refractivity contribution in [3.8, 4) is 0 Å². The number of aliphatic carboxylic acids is 1. The molecule has 2 atom stereocenters. The second kappa shape index (κ2) is 8.90. The van der Waals surface area contributed by atoms with Crippen LogP contribution in [0.4, 0.5) is 0 Å². The van der Waals surface area contributed by atoms with E-state index in [0.29, 0.717) is 10.6 Å². The third-order valence-electron chi connectivity index (χ3n) is 5.61. The van der Waals surface area contributed by atoms with Gasteiger partial charge in [0.25, 0.3) is 0 Å². The fourth-order valence-electron chi connectivity index (χ4n) is 4.08. The van der Waals surface area contributed by atoms with Crippen LogP contribution in [0.1, 0.15) is 35.2 Å². The molecule has 32 heavy (non-hydrogen) atoms. The molecule has 0 fully saturated rings. The van der Waals surface area contributed by atoms with Gasteiger partial charge in [-0.25, -0.2) is 13.2 Å². The highest BCUT2D eigenvalue weighted by Crippen LogP contribution is 2.45. The van der Waals surface area contributed by atoms with Crippen LogP contribution in [-0.4, -0.2) is 23.8 Å². The minimum atomic E-state index is -4.07. The highest BCUT2D eigenvalue weighted by Gasteiger charge is 2.44.